The molecular weight excluding hydrogens is 276 g/mol. The molecule has 1 saturated carbocycles. The van der Waals surface area contributed by atoms with Crippen LogP contribution in [0.1, 0.15) is 31.2 Å². The van der Waals surface area contributed by atoms with Crippen LogP contribution < -0.4 is 4.74 Å². The largest absolute Gasteiger partial charge is 0.497 e. The van der Waals surface area contributed by atoms with Crippen LogP contribution in [0.25, 0.3) is 0 Å². The Morgan fingerprint density at radius 1 is 1.27 bits per heavy atom. The van der Waals surface area contributed by atoms with Crippen LogP contribution in [0.5, 0.6) is 5.75 Å². The fourth-order valence-electron chi connectivity index (χ4n) is 3.79. The van der Waals surface area contributed by atoms with E-state index in [0.29, 0.717) is 6.04 Å². The molecule has 118 valence electrons. The molecule has 0 spiro atoms. The molecular formula is C18H24N2O2. The summed E-state index contributed by atoms with van der Waals surface area (Å²) in [6.45, 7) is 3.75. The van der Waals surface area contributed by atoms with Gasteiger partial charge in [0.2, 0.25) is 0 Å². The van der Waals surface area contributed by atoms with Crippen LogP contribution in [0.3, 0.4) is 0 Å². The van der Waals surface area contributed by atoms with Crippen molar-refractivity contribution in [3.63, 3.8) is 0 Å². The molecule has 1 aliphatic carbocycles. The van der Waals surface area contributed by atoms with E-state index in [1.807, 2.05) is 18.2 Å². The SMILES string of the molecule is COc1cccc([C@]2(C#N)CC[C@@H](N3CCOCC3)CC2)c1. The van der Waals surface area contributed by atoms with Crippen molar-refractivity contribution in [3.8, 4) is 11.8 Å². The lowest BCUT2D eigenvalue weighted by Gasteiger charge is -2.41. The average molecular weight is 300 g/mol. The van der Waals surface area contributed by atoms with Gasteiger partial charge < -0.3 is 9.47 Å². The first-order chi connectivity index (χ1) is 10.8. The summed E-state index contributed by atoms with van der Waals surface area (Å²) in [6.07, 6.45) is 4.03. The molecule has 0 atom stereocenters. The molecule has 2 fully saturated rings. The van der Waals surface area contributed by atoms with Gasteiger partial charge in [0.1, 0.15) is 5.75 Å². The van der Waals surface area contributed by atoms with Crippen LogP contribution in [-0.4, -0.2) is 44.4 Å². The van der Waals surface area contributed by atoms with Crippen molar-refractivity contribution in [2.45, 2.75) is 37.1 Å². The van der Waals surface area contributed by atoms with Crippen LogP contribution in [0.4, 0.5) is 0 Å². The molecule has 0 unspecified atom stereocenters. The molecule has 4 heteroatoms. The van der Waals surface area contributed by atoms with E-state index < -0.39 is 0 Å². The van der Waals surface area contributed by atoms with Crippen molar-refractivity contribution in [1.29, 1.82) is 5.26 Å². The Labute approximate surface area is 132 Å². The number of nitrogens with zero attached hydrogens (tertiary/aromatic N) is 2. The van der Waals surface area contributed by atoms with Crippen molar-refractivity contribution in [1.82, 2.24) is 4.90 Å². The first-order valence-corrected chi connectivity index (χ1v) is 8.15. The Hall–Kier alpha value is -1.57. The first-order valence-electron chi connectivity index (χ1n) is 8.15. The maximum absolute atomic E-state index is 9.83. The fourth-order valence-corrected chi connectivity index (χ4v) is 3.79. The summed E-state index contributed by atoms with van der Waals surface area (Å²) in [6, 6.07) is 11.2. The predicted octanol–water partition coefficient (Wildman–Crippen LogP) is 2.73. The third kappa shape index (κ3) is 2.97. The lowest BCUT2D eigenvalue weighted by molar-refractivity contribution is 0.00507. The van der Waals surface area contributed by atoms with Crippen LogP contribution in [0.2, 0.25) is 0 Å². The maximum atomic E-state index is 9.83. The molecule has 0 N–H and O–H groups in total. The van der Waals surface area contributed by atoms with E-state index in [1.165, 1.54) is 0 Å². The normalized spacial score (nSPS) is 29.7. The smallest absolute Gasteiger partial charge is 0.119 e. The standard InChI is InChI=1S/C18H24N2O2/c1-21-17-4-2-3-15(13-17)18(14-19)7-5-16(6-8-18)20-9-11-22-12-10-20/h2-4,13,16H,5-12H2,1H3/t16-,18-. The summed E-state index contributed by atoms with van der Waals surface area (Å²) in [4.78, 5) is 2.54. The van der Waals surface area contributed by atoms with Gasteiger partial charge in [-0.1, -0.05) is 12.1 Å². The molecule has 0 radical (unpaired) electrons. The zero-order chi connectivity index (χ0) is 15.4. The van der Waals surface area contributed by atoms with E-state index in [1.54, 1.807) is 7.11 Å². The fraction of sp³-hybridized carbons (Fsp3) is 0.611. The molecule has 22 heavy (non-hydrogen) atoms. The minimum Gasteiger partial charge on any atom is -0.497 e. The second-order valence-electron chi connectivity index (χ2n) is 6.31. The van der Waals surface area contributed by atoms with Crippen molar-refractivity contribution < 1.29 is 9.47 Å². The average Bonchev–Trinajstić information content (AvgIpc) is 2.62. The third-order valence-electron chi connectivity index (χ3n) is 5.21. The Kier molecular flexibility index (Phi) is 4.66. The van der Waals surface area contributed by atoms with Gasteiger partial charge >= 0.3 is 0 Å². The number of methoxy groups -OCH3 is 1. The summed E-state index contributed by atoms with van der Waals surface area (Å²) in [5.41, 5.74) is 0.756. The molecule has 1 heterocycles. The van der Waals surface area contributed by atoms with Gasteiger partial charge in [-0.2, -0.15) is 5.26 Å². The number of hydrogen-bond donors (Lipinski definition) is 0. The Morgan fingerprint density at radius 3 is 2.64 bits per heavy atom. The highest BCUT2D eigenvalue weighted by Gasteiger charge is 2.39. The molecule has 4 nitrogen and oxygen atoms in total. The lowest BCUT2D eigenvalue weighted by Crippen LogP contribution is -2.47. The Bertz CT molecular complexity index is 538. The lowest BCUT2D eigenvalue weighted by atomic mass is 9.69. The van der Waals surface area contributed by atoms with E-state index in [-0.39, 0.29) is 5.41 Å². The van der Waals surface area contributed by atoms with Gasteiger partial charge in [-0.25, -0.2) is 0 Å². The Balaban J connectivity index is 1.72. The predicted molar refractivity (Wildman–Crippen MR) is 84.9 cm³/mol. The van der Waals surface area contributed by atoms with Gasteiger partial charge in [0, 0.05) is 19.1 Å². The third-order valence-corrected chi connectivity index (χ3v) is 5.21. The molecule has 0 bridgehead atoms. The number of ether oxygens (including phenoxy) is 2. The van der Waals surface area contributed by atoms with Gasteiger partial charge in [-0.15, -0.1) is 0 Å². The maximum Gasteiger partial charge on any atom is 0.119 e. The minimum absolute atomic E-state index is 0.350. The van der Waals surface area contributed by atoms with Crippen LogP contribution in [0.15, 0.2) is 24.3 Å². The molecule has 1 saturated heterocycles. The van der Waals surface area contributed by atoms with Crippen molar-refractivity contribution >= 4 is 0 Å². The summed E-state index contributed by atoms with van der Waals surface area (Å²) >= 11 is 0. The molecule has 1 aromatic rings. The minimum atomic E-state index is -0.350. The van der Waals surface area contributed by atoms with Gasteiger partial charge in [-0.05, 0) is 43.4 Å². The highest BCUT2D eigenvalue weighted by Crippen LogP contribution is 2.41. The van der Waals surface area contributed by atoms with Gasteiger partial charge in [0.25, 0.3) is 0 Å². The second kappa shape index (κ2) is 6.68. The molecule has 3 rings (SSSR count). The van der Waals surface area contributed by atoms with E-state index in [0.717, 1.165) is 63.3 Å². The summed E-state index contributed by atoms with van der Waals surface area (Å²) in [5.74, 6) is 0.836. The van der Waals surface area contributed by atoms with Gasteiger partial charge in [0.15, 0.2) is 0 Å². The highest BCUT2D eigenvalue weighted by molar-refractivity contribution is 5.38. The van der Waals surface area contributed by atoms with Gasteiger partial charge in [-0.3, -0.25) is 4.90 Å². The zero-order valence-corrected chi connectivity index (χ0v) is 13.3. The summed E-state index contributed by atoms with van der Waals surface area (Å²) < 4.78 is 10.8. The van der Waals surface area contributed by atoms with E-state index in [2.05, 4.69) is 17.0 Å². The van der Waals surface area contributed by atoms with Gasteiger partial charge in [0.05, 0.1) is 31.8 Å². The number of benzene rings is 1. The summed E-state index contributed by atoms with van der Waals surface area (Å²) in [7, 11) is 1.67. The van der Waals surface area contributed by atoms with Crippen LogP contribution in [0, 0.1) is 11.3 Å². The zero-order valence-electron chi connectivity index (χ0n) is 13.3. The number of nitriles is 1. The van der Waals surface area contributed by atoms with Crippen LogP contribution in [-0.2, 0) is 10.2 Å². The van der Waals surface area contributed by atoms with Crippen molar-refractivity contribution in [2.75, 3.05) is 33.4 Å². The molecule has 1 aliphatic heterocycles. The monoisotopic (exact) mass is 300 g/mol. The van der Waals surface area contributed by atoms with Crippen molar-refractivity contribution in [3.05, 3.63) is 29.8 Å². The number of rotatable bonds is 3. The van der Waals surface area contributed by atoms with E-state index in [4.69, 9.17) is 9.47 Å². The molecule has 0 aromatic heterocycles. The van der Waals surface area contributed by atoms with E-state index >= 15 is 0 Å². The number of hydrogen-bond acceptors (Lipinski definition) is 4. The topological polar surface area (TPSA) is 45.5 Å². The van der Waals surface area contributed by atoms with Crippen molar-refractivity contribution in [2.24, 2.45) is 0 Å². The molecule has 1 aromatic carbocycles. The Morgan fingerprint density at radius 2 is 2.00 bits per heavy atom. The van der Waals surface area contributed by atoms with E-state index in [9.17, 15) is 5.26 Å². The quantitative estimate of drug-likeness (QED) is 0.861. The van der Waals surface area contributed by atoms with Crippen LogP contribution >= 0.6 is 0 Å². The highest BCUT2D eigenvalue weighted by atomic mass is 16.5. The molecule has 2 aliphatic rings. The second-order valence-corrected chi connectivity index (χ2v) is 6.31. The first kappa shape index (κ1) is 15.3. The molecule has 0 amide bonds. The summed E-state index contributed by atoms with van der Waals surface area (Å²) in [5, 5.41) is 9.83. The number of morpholine rings is 1.